The number of rotatable bonds is 3. The molecule has 0 saturated heterocycles. The molecule has 0 spiro atoms. The Bertz CT molecular complexity index is 638. The fourth-order valence-electron chi connectivity index (χ4n) is 2.19. The van der Waals surface area contributed by atoms with E-state index in [4.69, 9.17) is 5.41 Å². The maximum Gasteiger partial charge on any atom is 0.151 e. The first-order valence-electron chi connectivity index (χ1n) is 5.85. The standard InChI is InChI=1S/C14H16FN3/c1-5-12(16)10-6-11(15)14-13(7-10)18(8(2)3)9(4)17-14/h5-8,16H,1H2,2-4H3. The van der Waals surface area contributed by atoms with Crippen molar-refractivity contribution in [2.24, 2.45) is 0 Å². The fourth-order valence-corrected chi connectivity index (χ4v) is 2.19. The van der Waals surface area contributed by atoms with Gasteiger partial charge in [-0.2, -0.15) is 0 Å². The fraction of sp³-hybridized carbons (Fsp3) is 0.286. The molecule has 94 valence electrons. The van der Waals surface area contributed by atoms with E-state index in [-0.39, 0.29) is 11.8 Å². The van der Waals surface area contributed by atoms with Gasteiger partial charge in [-0.25, -0.2) is 9.37 Å². The zero-order valence-corrected chi connectivity index (χ0v) is 10.8. The van der Waals surface area contributed by atoms with Crippen LogP contribution in [0.2, 0.25) is 0 Å². The number of halogens is 1. The van der Waals surface area contributed by atoms with Crippen molar-refractivity contribution in [3.8, 4) is 0 Å². The van der Waals surface area contributed by atoms with Crippen molar-refractivity contribution in [1.82, 2.24) is 9.55 Å². The van der Waals surface area contributed by atoms with Crippen molar-refractivity contribution in [2.75, 3.05) is 0 Å². The highest BCUT2D eigenvalue weighted by Gasteiger charge is 2.15. The minimum atomic E-state index is -0.392. The first-order valence-corrected chi connectivity index (χ1v) is 5.85. The van der Waals surface area contributed by atoms with Gasteiger partial charge in [0, 0.05) is 11.6 Å². The Balaban J connectivity index is 2.80. The first-order chi connectivity index (χ1) is 8.45. The molecule has 0 amide bonds. The lowest BCUT2D eigenvalue weighted by Crippen LogP contribution is -2.04. The second-order valence-electron chi connectivity index (χ2n) is 4.57. The molecule has 0 aliphatic carbocycles. The number of aromatic nitrogens is 2. The molecular formula is C14H16FN3. The second kappa shape index (κ2) is 4.37. The second-order valence-corrected chi connectivity index (χ2v) is 4.57. The molecule has 0 aliphatic rings. The molecule has 0 aliphatic heterocycles. The predicted molar refractivity (Wildman–Crippen MR) is 71.8 cm³/mol. The van der Waals surface area contributed by atoms with Gasteiger partial charge in [-0.05, 0) is 39.0 Å². The lowest BCUT2D eigenvalue weighted by Gasteiger charge is -2.11. The van der Waals surface area contributed by atoms with Crippen LogP contribution in [0.4, 0.5) is 4.39 Å². The number of nitrogens with one attached hydrogen (secondary N) is 1. The number of imidazole rings is 1. The number of allylic oxidation sites excluding steroid dienone is 1. The number of benzene rings is 1. The maximum absolute atomic E-state index is 14.0. The lowest BCUT2D eigenvalue weighted by molar-refractivity contribution is 0.600. The summed E-state index contributed by atoms with van der Waals surface area (Å²) in [7, 11) is 0. The van der Waals surface area contributed by atoms with Gasteiger partial charge >= 0.3 is 0 Å². The molecule has 0 bridgehead atoms. The number of aryl methyl sites for hydroxylation is 1. The van der Waals surface area contributed by atoms with E-state index in [1.165, 1.54) is 12.1 Å². The maximum atomic E-state index is 14.0. The van der Waals surface area contributed by atoms with Gasteiger partial charge in [-0.1, -0.05) is 6.58 Å². The summed E-state index contributed by atoms with van der Waals surface area (Å²) in [6.45, 7) is 9.45. The number of hydrogen-bond acceptors (Lipinski definition) is 2. The third-order valence-corrected chi connectivity index (χ3v) is 2.96. The van der Waals surface area contributed by atoms with Gasteiger partial charge in [0.15, 0.2) is 5.82 Å². The van der Waals surface area contributed by atoms with E-state index in [0.29, 0.717) is 11.1 Å². The normalized spacial score (nSPS) is 11.2. The van der Waals surface area contributed by atoms with E-state index in [9.17, 15) is 4.39 Å². The third kappa shape index (κ3) is 1.83. The number of fused-ring (bicyclic) bond motifs is 1. The van der Waals surface area contributed by atoms with Gasteiger partial charge < -0.3 is 9.98 Å². The SMILES string of the molecule is C=CC(=N)c1cc(F)c2nc(C)n(C(C)C)c2c1. The minimum Gasteiger partial charge on any atom is -0.326 e. The monoisotopic (exact) mass is 245 g/mol. The summed E-state index contributed by atoms with van der Waals surface area (Å²) in [4.78, 5) is 4.25. The van der Waals surface area contributed by atoms with Crippen molar-refractivity contribution in [2.45, 2.75) is 26.8 Å². The van der Waals surface area contributed by atoms with Crippen molar-refractivity contribution < 1.29 is 4.39 Å². The Morgan fingerprint density at radius 1 is 1.50 bits per heavy atom. The van der Waals surface area contributed by atoms with Crippen LogP contribution in [0.1, 0.15) is 31.3 Å². The molecule has 3 nitrogen and oxygen atoms in total. The quantitative estimate of drug-likeness (QED) is 0.824. The molecule has 0 unspecified atom stereocenters. The molecule has 0 fully saturated rings. The van der Waals surface area contributed by atoms with Crippen LogP contribution in [0.25, 0.3) is 11.0 Å². The van der Waals surface area contributed by atoms with Crippen LogP contribution in [0, 0.1) is 18.2 Å². The minimum absolute atomic E-state index is 0.197. The average molecular weight is 245 g/mol. The number of nitrogens with zero attached hydrogens (tertiary/aromatic N) is 2. The summed E-state index contributed by atoms with van der Waals surface area (Å²) in [5.41, 5.74) is 1.83. The van der Waals surface area contributed by atoms with Crippen molar-refractivity contribution >= 4 is 16.7 Å². The summed E-state index contributed by atoms with van der Waals surface area (Å²) in [5, 5.41) is 7.72. The van der Waals surface area contributed by atoms with Gasteiger partial charge in [0.05, 0.1) is 11.2 Å². The molecule has 0 saturated carbocycles. The van der Waals surface area contributed by atoms with Crippen molar-refractivity contribution in [1.29, 1.82) is 5.41 Å². The van der Waals surface area contributed by atoms with Crippen molar-refractivity contribution in [3.63, 3.8) is 0 Å². The molecule has 2 aromatic rings. The number of hydrogen-bond donors (Lipinski definition) is 1. The lowest BCUT2D eigenvalue weighted by atomic mass is 10.1. The van der Waals surface area contributed by atoms with E-state index in [2.05, 4.69) is 11.6 Å². The summed E-state index contributed by atoms with van der Waals surface area (Å²) in [6.07, 6.45) is 1.41. The van der Waals surface area contributed by atoms with E-state index in [1.54, 1.807) is 6.07 Å². The van der Waals surface area contributed by atoms with E-state index >= 15 is 0 Å². The van der Waals surface area contributed by atoms with Gasteiger partial charge in [0.1, 0.15) is 11.3 Å². The summed E-state index contributed by atoms with van der Waals surface area (Å²) in [5.74, 6) is 0.387. The topological polar surface area (TPSA) is 41.7 Å². The zero-order chi connectivity index (χ0) is 13.4. The highest BCUT2D eigenvalue weighted by molar-refractivity contribution is 6.07. The first kappa shape index (κ1) is 12.5. The molecular weight excluding hydrogens is 229 g/mol. The van der Waals surface area contributed by atoms with E-state index < -0.39 is 5.82 Å². The zero-order valence-electron chi connectivity index (χ0n) is 10.8. The molecule has 1 aromatic carbocycles. The van der Waals surface area contributed by atoms with Crippen LogP contribution >= 0.6 is 0 Å². The van der Waals surface area contributed by atoms with Crippen LogP contribution < -0.4 is 0 Å². The van der Waals surface area contributed by atoms with Gasteiger partial charge in [0.25, 0.3) is 0 Å². The van der Waals surface area contributed by atoms with Gasteiger partial charge in [-0.3, -0.25) is 0 Å². The Labute approximate surface area is 105 Å². The summed E-state index contributed by atoms with van der Waals surface area (Å²) >= 11 is 0. The smallest absolute Gasteiger partial charge is 0.151 e. The van der Waals surface area contributed by atoms with E-state index in [0.717, 1.165) is 11.3 Å². The largest absolute Gasteiger partial charge is 0.326 e. The van der Waals surface area contributed by atoms with Gasteiger partial charge in [-0.15, -0.1) is 0 Å². The summed E-state index contributed by atoms with van der Waals surface area (Å²) in [6, 6.07) is 3.33. The molecule has 0 radical (unpaired) electrons. The molecule has 1 heterocycles. The van der Waals surface area contributed by atoms with Crippen molar-refractivity contribution in [3.05, 3.63) is 42.0 Å². The van der Waals surface area contributed by atoms with Crippen LogP contribution in [-0.2, 0) is 0 Å². The van der Waals surface area contributed by atoms with Gasteiger partial charge in [0.2, 0.25) is 0 Å². The van der Waals surface area contributed by atoms with Crippen LogP contribution in [0.5, 0.6) is 0 Å². The molecule has 0 atom stereocenters. The molecule has 1 aromatic heterocycles. The van der Waals surface area contributed by atoms with Crippen LogP contribution in [0.3, 0.4) is 0 Å². The Hall–Kier alpha value is -1.97. The molecule has 18 heavy (non-hydrogen) atoms. The molecule has 1 N–H and O–H groups in total. The Kier molecular flexibility index (Phi) is 3.03. The Morgan fingerprint density at radius 3 is 2.72 bits per heavy atom. The highest BCUT2D eigenvalue weighted by Crippen LogP contribution is 2.24. The average Bonchev–Trinajstić information content (AvgIpc) is 2.64. The predicted octanol–water partition coefficient (Wildman–Crippen LogP) is 3.62. The molecule has 4 heteroatoms. The van der Waals surface area contributed by atoms with Crippen LogP contribution in [-0.4, -0.2) is 15.3 Å². The van der Waals surface area contributed by atoms with Crippen LogP contribution in [0.15, 0.2) is 24.8 Å². The Morgan fingerprint density at radius 2 is 2.17 bits per heavy atom. The highest BCUT2D eigenvalue weighted by atomic mass is 19.1. The van der Waals surface area contributed by atoms with E-state index in [1.807, 2.05) is 25.3 Å². The molecule has 2 rings (SSSR count). The third-order valence-electron chi connectivity index (χ3n) is 2.96. The summed E-state index contributed by atoms with van der Waals surface area (Å²) < 4.78 is 16.0.